The van der Waals surface area contributed by atoms with Crippen molar-refractivity contribution in [2.75, 3.05) is 26.2 Å². The molecule has 0 aliphatic carbocycles. The van der Waals surface area contributed by atoms with E-state index in [-0.39, 0.29) is 21.9 Å². The summed E-state index contributed by atoms with van der Waals surface area (Å²) >= 11 is 0. The molecule has 1 aliphatic rings. The largest absolute Gasteiger partial charge is 0.376 e. The normalized spacial score (nSPS) is 17.3. The zero-order chi connectivity index (χ0) is 20.3. The lowest BCUT2D eigenvalue weighted by Gasteiger charge is -2.18. The predicted molar refractivity (Wildman–Crippen MR) is 106 cm³/mol. The van der Waals surface area contributed by atoms with E-state index >= 15 is 0 Å². The van der Waals surface area contributed by atoms with Crippen molar-refractivity contribution in [3.63, 3.8) is 0 Å². The Bertz CT molecular complexity index is 1020. The lowest BCUT2D eigenvalue weighted by molar-refractivity contribution is 0.0857. The molecule has 152 valence electrons. The number of H-pyrrole nitrogens is 1. The first-order chi connectivity index (χ1) is 13.4. The van der Waals surface area contributed by atoms with Crippen molar-refractivity contribution in [3.8, 4) is 0 Å². The van der Waals surface area contributed by atoms with Gasteiger partial charge in [-0.3, -0.25) is 9.59 Å². The topological polar surface area (TPSA) is 109 Å². The molecule has 2 heterocycles. The van der Waals surface area contributed by atoms with Crippen LogP contribution in [0.1, 0.15) is 37.0 Å². The van der Waals surface area contributed by atoms with Crippen LogP contribution >= 0.6 is 0 Å². The van der Waals surface area contributed by atoms with Gasteiger partial charge in [0.2, 0.25) is 15.5 Å². The van der Waals surface area contributed by atoms with Gasteiger partial charge in [-0.25, -0.2) is 8.42 Å². The third kappa shape index (κ3) is 3.96. The van der Waals surface area contributed by atoms with E-state index < -0.39 is 21.4 Å². The number of pyridine rings is 1. The number of sulfonamides is 1. The van der Waals surface area contributed by atoms with Crippen molar-refractivity contribution in [1.82, 2.24) is 14.6 Å². The molecule has 1 saturated heterocycles. The quantitative estimate of drug-likeness (QED) is 0.722. The van der Waals surface area contributed by atoms with Gasteiger partial charge in [0.1, 0.15) is 5.56 Å². The second kappa shape index (κ2) is 8.42. The number of benzene rings is 1. The molecule has 1 fully saturated rings. The summed E-state index contributed by atoms with van der Waals surface area (Å²) in [5.41, 5.74) is -0.0859. The Morgan fingerprint density at radius 2 is 2.07 bits per heavy atom. The maximum absolute atomic E-state index is 12.8. The Hall–Kier alpha value is -2.23. The van der Waals surface area contributed by atoms with Crippen LogP contribution in [-0.2, 0) is 14.8 Å². The van der Waals surface area contributed by atoms with Gasteiger partial charge >= 0.3 is 0 Å². The molecule has 1 amide bonds. The molecule has 0 spiro atoms. The van der Waals surface area contributed by atoms with E-state index in [0.29, 0.717) is 31.8 Å². The van der Waals surface area contributed by atoms with Gasteiger partial charge in [-0.1, -0.05) is 13.8 Å². The summed E-state index contributed by atoms with van der Waals surface area (Å²) in [7, 11) is -3.70. The summed E-state index contributed by atoms with van der Waals surface area (Å²) in [6.07, 6.45) is 3.16. The van der Waals surface area contributed by atoms with Crippen LogP contribution in [0.15, 0.2) is 34.1 Å². The number of carbonyl (C=O) groups is 1. The van der Waals surface area contributed by atoms with Crippen LogP contribution in [0.5, 0.6) is 0 Å². The molecule has 3 rings (SSSR count). The van der Waals surface area contributed by atoms with Crippen LogP contribution in [0.3, 0.4) is 0 Å². The monoisotopic (exact) mass is 407 g/mol. The first-order valence-corrected chi connectivity index (χ1v) is 10.9. The fraction of sp³-hybridized carbons (Fsp3) is 0.474. The SMILES string of the molecule is CCN(CC)S(=O)(=O)c1ccc2[nH]cc(C(=O)NCC3CCCO3)c(=O)c2c1. The van der Waals surface area contributed by atoms with Crippen molar-refractivity contribution in [2.45, 2.75) is 37.7 Å². The molecular formula is C19H25N3O5S. The van der Waals surface area contributed by atoms with Gasteiger partial charge in [-0.15, -0.1) is 0 Å². The first-order valence-electron chi connectivity index (χ1n) is 9.43. The van der Waals surface area contributed by atoms with Gasteiger partial charge in [0.15, 0.2) is 0 Å². The maximum Gasteiger partial charge on any atom is 0.256 e. The zero-order valence-electron chi connectivity index (χ0n) is 16.0. The molecule has 1 atom stereocenters. The molecule has 0 saturated carbocycles. The van der Waals surface area contributed by atoms with Crippen LogP contribution in [0, 0.1) is 0 Å². The molecule has 1 aromatic carbocycles. The molecule has 8 nitrogen and oxygen atoms in total. The lowest BCUT2D eigenvalue weighted by atomic mass is 10.1. The van der Waals surface area contributed by atoms with E-state index in [1.54, 1.807) is 19.9 Å². The summed E-state index contributed by atoms with van der Waals surface area (Å²) in [5.74, 6) is -0.504. The second-order valence-corrected chi connectivity index (χ2v) is 8.61. The van der Waals surface area contributed by atoms with Crippen molar-refractivity contribution in [3.05, 3.63) is 40.2 Å². The predicted octanol–water partition coefficient (Wildman–Crippen LogP) is 1.47. The maximum atomic E-state index is 12.8. The Kier molecular flexibility index (Phi) is 6.17. The number of fused-ring (bicyclic) bond motifs is 1. The summed E-state index contributed by atoms with van der Waals surface area (Å²) in [6.45, 7) is 5.20. The van der Waals surface area contributed by atoms with Crippen LogP contribution in [0.4, 0.5) is 0 Å². The summed E-state index contributed by atoms with van der Waals surface area (Å²) < 4.78 is 32.3. The average Bonchev–Trinajstić information content (AvgIpc) is 3.20. The highest BCUT2D eigenvalue weighted by Crippen LogP contribution is 2.19. The number of carbonyl (C=O) groups excluding carboxylic acids is 1. The molecule has 2 N–H and O–H groups in total. The molecule has 2 aromatic rings. The molecular weight excluding hydrogens is 382 g/mol. The molecule has 0 radical (unpaired) electrons. The number of nitrogens with zero attached hydrogens (tertiary/aromatic N) is 1. The Labute approximate surface area is 163 Å². The van der Waals surface area contributed by atoms with Crippen molar-refractivity contribution in [1.29, 1.82) is 0 Å². The highest BCUT2D eigenvalue weighted by atomic mass is 32.2. The summed E-state index contributed by atoms with van der Waals surface area (Å²) in [5, 5.41) is 2.88. The standard InChI is InChI=1S/C19H25N3O5S/c1-3-22(4-2)28(25,26)14-7-8-17-15(10-14)18(23)16(12-20-17)19(24)21-11-13-6-5-9-27-13/h7-8,10,12-13H,3-6,9,11H2,1-2H3,(H,20,23)(H,21,24). The van der Waals surface area contributed by atoms with Gasteiger partial charge < -0.3 is 15.0 Å². The number of aromatic amines is 1. The van der Waals surface area contributed by atoms with Crippen molar-refractivity contribution >= 4 is 26.8 Å². The molecule has 9 heteroatoms. The van der Waals surface area contributed by atoms with Crippen LogP contribution in [0.25, 0.3) is 10.9 Å². The molecule has 1 aliphatic heterocycles. The van der Waals surface area contributed by atoms with E-state index in [9.17, 15) is 18.0 Å². The smallest absolute Gasteiger partial charge is 0.256 e. The van der Waals surface area contributed by atoms with Gasteiger partial charge in [0.25, 0.3) is 5.91 Å². The zero-order valence-corrected chi connectivity index (χ0v) is 16.8. The van der Waals surface area contributed by atoms with Gasteiger partial charge in [-0.2, -0.15) is 4.31 Å². The van der Waals surface area contributed by atoms with E-state index in [2.05, 4.69) is 10.3 Å². The molecule has 1 unspecified atom stereocenters. The van der Waals surface area contributed by atoms with Crippen LogP contribution in [0.2, 0.25) is 0 Å². The Morgan fingerprint density at radius 1 is 1.32 bits per heavy atom. The van der Waals surface area contributed by atoms with E-state index in [4.69, 9.17) is 4.74 Å². The minimum Gasteiger partial charge on any atom is -0.376 e. The van der Waals surface area contributed by atoms with E-state index in [1.165, 1.54) is 22.6 Å². The van der Waals surface area contributed by atoms with Gasteiger partial charge in [0.05, 0.1) is 11.0 Å². The number of ether oxygens (including phenoxy) is 1. The summed E-state index contributed by atoms with van der Waals surface area (Å²) in [4.78, 5) is 28.2. The van der Waals surface area contributed by atoms with Gasteiger partial charge in [0, 0.05) is 43.3 Å². The molecule has 28 heavy (non-hydrogen) atoms. The second-order valence-electron chi connectivity index (χ2n) is 6.67. The van der Waals surface area contributed by atoms with Crippen molar-refractivity contribution < 1.29 is 17.9 Å². The minimum absolute atomic E-state index is 0.0331. The average molecular weight is 407 g/mol. The fourth-order valence-electron chi connectivity index (χ4n) is 3.35. The van der Waals surface area contributed by atoms with E-state index in [0.717, 1.165) is 12.8 Å². The first kappa shape index (κ1) is 20.5. The molecule has 0 bridgehead atoms. The van der Waals surface area contributed by atoms with Crippen molar-refractivity contribution in [2.24, 2.45) is 0 Å². The summed E-state index contributed by atoms with van der Waals surface area (Å²) in [6, 6.07) is 4.34. The lowest BCUT2D eigenvalue weighted by Crippen LogP contribution is -2.34. The number of aromatic nitrogens is 1. The number of hydrogen-bond acceptors (Lipinski definition) is 5. The Balaban J connectivity index is 1.93. The number of hydrogen-bond donors (Lipinski definition) is 2. The number of nitrogens with one attached hydrogen (secondary N) is 2. The number of rotatable bonds is 7. The van der Waals surface area contributed by atoms with Crippen LogP contribution in [-0.4, -0.2) is 56.0 Å². The molecule has 1 aromatic heterocycles. The third-order valence-corrected chi connectivity index (χ3v) is 7.00. The number of amides is 1. The highest BCUT2D eigenvalue weighted by Gasteiger charge is 2.23. The minimum atomic E-state index is -3.70. The fourth-order valence-corrected chi connectivity index (χ4v) is 4.83. The van der Waals surface area contributed by atoms with Gasteiger partial charge in [-0.05, 0) is 31.0 Å². The Morgan fingerprint density at radius 3 is 2.71 bits per heavy atom. The van der Waals surface area contributed by atoms with E-state index in [1.807, 2.05) is 0 Å². The highest BCUT2D eigenvalue weighted by molar-refractivity contribution is 7.89. The third-order valence-electron chi connectivity index (χ3n) is 4.95. The van der Waals surface area contributed by atoms with Crippen LogP contribution < -0.4 is 10.7 Å².